The highest BCUT2D eigenvalue weighted by Crippen LogP contribution is 2.29. The van der Waals surface area contributed by atoms with Crippen molar-refractivity contribution >= 4 is 6.29 Å². The highest BCUT2D eigenvalue weighted by Gasteiger charge is 2.28. The molecule has 0 fully saturated rings. The molecule has 0 aliphatic carbocycles. The largest absolute Gasteiger partial charge is 0.302 e. The molecule has 0 aliphatic rings. The van der Waals surface area contributed by atoms with Crippen LogP contribution in [0.25, 0.3) is 0 Å². The van der Waals surface area contributed by atoms with Crippen molar-refractivity contribution in [3.8, 4) is 0 Å². The molecule has 1 atom stereocenters. The van der Waals surface area contributed by atoms with Gasteiger partial charge in [-0.2, -0.15) is 0 Å². The van der Waals surface area contributed by atoms with Crippen molar-refractivity contribution in [2.75, 3.05) is 0 Å². The van der Waals surface area contributed by atoms with Crippen LogP contribution in [0, 0.1) is 5.82 Å². The predicted molar refractivity (Wildman–Crippen MR) is 59.2 cm³/mol. The summed E-state index contributed by atoms with van der Waals surface area (Å²) in [6.07, 6.45) is 3.93. The van der Waals surface area contributed by atoms with E-state index in [9.17, 15) is 9.18 Å². The van der Waals surface area contributed by atoms with Crippen LogP contribution in [0.3, 0.4) is 0 Å². The normalized spacial score (nSPS) is 14.3. The van der Waals surface area contributed by atoms with Gasteiger partial charge in [0.05, 0.1) is 5.41 Å². The van der Waals surface area contributed by atoms with E-state index in [0.29, 0.717) is 12.8 Å². The molecule has 0 saturated carbocycles. The van der Waals surface area contributed by atoms with Gasteiger partial charge in [-0.1, -0.05) is 25.1 Å². The average Bonchev–Trinajstić information content (AvgIpc) is 2.27. The van der Waals surface area contributed by atoms with Gasteiger partial charge >= 0.3 is 0 Å². The van der Waals surface area contributed by atoms with E-state index < -0.39 is 5.41 Å². The van der Waals surface area contributed by atoms with Crippen molar-refractivity contribution in [2.45, 2.75) is 25.2 Å². The van der Waals surface area contributed by atoms with E-state index in [-0.39, 0.29) is 5.82 Å². The lowest BCUT2D eigenvalue weighted by molar-refractivity contribution is -0.112. The Morgan fingerprint density at radius 1 is 1.40 bits per heavy atom. The molecular formula is C13H15FO. The Morgan fingerprint density at radius 2 is 2.00 bits per heavy atom. The predicted octanol–water partition coefficient (Wildman–Crippen LogP) is 3.25. The fourth-order valence-corrected chi connectivity index (χ4v) is 1.71. The number of carbonyl (C=O) groups excluding carboxylic acids is 1. The van der Waals surface area contributed by atoms with Crippen LogP contribution in [-0.2, 0) is 10.2 Å². The first-order chi connectivity index (χ1) is 7.18. The molecule has 0 aromatic heterocycles. The monoisotopic (exact) mass is 206 g/mol. The zero-order chi connectivity index (χ0) is 11.3. The maximum absolute atomic E-state index is 12.8. The summed E-state index contributed by atoms with van der Waals surface area (Å²) in [6.45, 7) is 5.60. The molecule has 1 rings (SSSR count). The Labute approximate surface area is 89.6 Å². The van der Waals surface area contributed by atoms with Crippen molar-refractivity contribution in [1.82, 2.24) is 0 Å². The Kier molecular flexibility index (Phi) is 3.78. The minimum Gasteiger partial charge on any atom is -0.302 e. The molecule has 80 valence electrons. The Hall–Kier alpha value is -1.44. The molecule has 1 aromatic carbocycles. The minimum absolute atomic E-state index is 0.284. The van der Waals surface area contributed by atoms with E-state index in [1.165, 1.54) is 12.1 Å². The summed E-state index contributed by atoms with van der Waals surface area (Å²) in [6, 6.07) is 6.09. The molecule has 0 radical (unpaired) electrons. The molecule has 2 heteroatoms. The van der Waals surface area contributed by atoms with Crippen molar-refractivity contribution in [2.24, 2.45) is 0 Å². The highest BCUT2D eigenvalue weighted by atomic mass is 19.1. The molecular weight excluding hydrogens is 191 g/mol. The molecule has 1 nitrogen and oxygen atoms in total. The fraction of sp³-hybridized carbons (Fsp3) is 0.308. The third-order valence-corrected chi connectivity index (χ3v) is 2.78. The smallest absolute Gasteiger partial charge is 0.130 e. The van der Waals surface area contributed by atoms with Crippen LogP contribution in [0.5, 0.6) is 0 Å². The Bertz CT molecular complexity index is 342. The number of rotatable bonds is 5. The first-order valence-electron chi connectivity index (χ1n) is 5.02. The van der Waals surface area contributed by atoms with E-state index in [1.807, 2.05) is 6.92 Å². The van der Waals surface area contributed by atoms with Gasteiger partial charge in [-0.25, -0.2) is 4.39 Å². The molecule has 0 aliphatic heterocycles. The van der Waals surface area contributed by atoms with Crippen molar-refractivity contribution in [1.29, 1.82) is 0 Å². The molecule has 1 aromatic rings. The summed E-state index contributed by atoms with van der Waals surface area (Å²) in [4.78, 5) is 11.2. The highest BCUT2D eigenvalue weighted by molar-refractivity contribution is 5.68. The number of carbonyl (C=O) groups is 1. The maximum Gasteiger partial charge on any atom is 0.130 e. The van der Waals surface area contributed by atoms with Crippen LogP contribution in [0.4, 0.5) is 4.39 Å². The van der Waals surface area contributed by atoms with Crippen LogP contribution in [0.15, 0.2) is 36.9 Å². The lowest BCUT2D eigenvalue weighted by Gasteiger charge is -2.25. The zero-order valence-corrected chi connectivity index (χ0v) is 8.87. The standard InChI is InChI=1S/C13H15FO/c1-3-9-13(4-2,10-15)11-5-7-12(14)8-6-11/h3,5-8,10H,1,4,9H2,2H3/t13-/m0/s1. The van der Waals surface area contributed by atoms with Gasteiger partial charge in [-0.15, -0.1) is 6.58 Å². The third-order valence-electron chi connectivity index (χ3n) is 2.78. The van der Waals surface area contributed by atoms with Crippen LogP contribution < -0.4 is 0 Å². The quantitative estimate of drug-likeness (QED) is 0.534. The van der Waals surface area contributed by atoms with E-state index in [2.05, 4.69) is 6.58 Å². The summed E-state index contributed by atoms with van der Waals surface area (Å²) in [5.74, 6) is -0.284. The van der Waals surface area contributed by atoms with Crippen molar-refractivity contribution < 1.29 is 9.18 Å². The van der Waals surface area contributed by atoms with E-state index in [4.69, 9.17) is 0 Å². The molecule has 0 unspecified atom stereocenters. The van der Waals surface area contributed by atoms with Crippen molar-refractivity contribution in [3.05, 3.63) is 48.3 Å². The molecule has 0 bridgehead atoms. The number of hydrogen-bond acceptors (Lipinski definition) is 1. The van der Waals surface area contributed by atoms with E-state index in [1.54, 1.807) is 18.2 Å². The van der Waals surface area contributed by atoms with E-state index >= 15 is 0 Å². The van der Waals surface area contributed by atoms with Gasteiger partial charge in [0.1, 0.15) is 12.1 Å². The number of aldehydes is 1. The van der Waals surface area contributed by atoms with Gasteiger partial charge in [-0.05, 0) is 30.5 Å². The second-order valence-electron chi connectivity index (χ2n) is 3.63. The first-order valence-corrected chi connectivity index (χ1v) is 5.02. The summed E-state index contributed by atoms with van der Waals surface area (Å²) in [5, 5.41) is 0. The number of hydrogen-bond donors (Lipinski definition) is 0. The number of allylic oxidation sites excluding steroid dienone is 1. The fourth-order valence-electron chi connectivity index (χ4n) is 1.71. The zero-order valence-electron chi connectivity index (χ0n) is 8.87. The van der Waals surface area contributed by atoms with Crippen LogP contribution in [0.2, 0.25) is 0 Å². The second-order valence-corrected chi connectivity index (χ2v) is 3.63. The van der Waals surface area contributed by atoms with Gasteiger partial charge in [0, 0.05) is 0 Å². The summed E-state index contributed by atoms with van der Waals surface area (Å²) >= 11 is 0. The maximum atomic E-state index is 12.8. The van der Waals surface area contributed by atoms with Crippen LogP contribution in [-0.4, -0.2) is 6.29 Å². The van der Waals surface area contributed by atoms with Crippen molar-refractivity contribution in [3.63, 3.8) is 0 Å². The molecule has 0 N–H and O–H groups in total. The minimum atomic E-state index is -0.546. The molecule has 0 saturated heterocycles. The van der Waals surface area contributed by atoms with E-state index in [0.717, 1.165) is 11.8 Å². The van der Waals surface area contributed by atoms with Crippen LogP contribution >= 0.6 is 0 Å². The lowest BCUT2D eigenvalue weighted by atomic mass is 9.77. The second kappa shape index (κ2) is 4.87. The van der Waals surface area contributed by atoms with Gasteiger partial charge < -0.3 is 4.79 Å². The van der Waals surface area contributed by atoms with Gasteiger partial charge in [0.2, 0.25) is 0 Å². The van der Waals surface area contributed by atoms with Crippen LogP contribution in [0.1, 0.15) is 25.3 Å². The average molecular weight is 206 g/mol. The summed E-state index contributed by atoms with van der Waals surface area (Å²) < 4.78 is 12.8. The lowest BCUT2D eigenvalue weighted by Crippen LogP contribution is -2.26. The Balaban J connectivity index is 3.13. The third kappa shape index (κ3) is 2.32. The van der Waals surface area contributed by atoms with Gasteiger partial charge in [-0.3, -0.25) is 0 Å². The Morgan fingerprint density at radius 3 is 2.40 bits per heavy atom. The summed E-state index contributed by atoms with van der Waals surface area (Å²) in [7, 11) is 0. The molecule has 15 heavy (non-hydrogen) atoms. The SMILES string of the molecule is C=CC[C@](C=O)(CC)c1ccc(F)cc1. The molecule has 0 heterocycles. The molecule has 0 spiro atoms. The first kappa shape index (κ1) is 11.6. The molecule has 0 amide bonds. The topological polar surface area (TPSA) is 17.1 Å². The number of benzene rings is 1. The number of halogens is 1. The summed E-state index contributed by atoms with van der Waals surface area (Å²) in [5.41, 5.74) is 0.302. The van der Waals surface area contributed by atoms with Gasteiger partial charge in [0.15, 0.2) is 0 Å². The van der Waals surface area contributed by atoms with Gasteiger partial charge in [0.25, 0.3) is 0 Å².